The van der Waals surface area contributed by atoms with Crippen molar-refractivity contribution < 1.29 is 0 Å². The zero-order chi connectivity index (χ0) is 25.8. The molecule has 184 valence electrons. The van der Waals surface area contributed by atoms with E-state index in [4.69, 9.17) is 9.97 Å². The minimum absolute atomic E-state index is 0.290. The SMILES string of the molecule is C=N/C(=C\C=C/C)c1nc(NC(c2ccccc2)c2nnc(C)n2C)c2c(-c3ccccc3)csc2n1. The number of aryl methyl sites for hydroxylation is 1. The van der Waals surface area contributed by atoms with Gasteiger partial charge in [-0.15, -0.1) is 21.5 Å². The molecule has 0 aliphatic carbocycles. The number of rotatable bonds is 8. The monoisotopic (exact) mass is 505 g/mol. The molecular weight excluding hydrogens is 478 g/mol. The third-order valence-corrected chi connectivity index (χ3v) is 7.03. The Morgan fingerprint density at radius 3 is 2.43 bits per heavy atom. The number of fused-ring (bicyclic) bond motifs is 1. The van der Waals surface area contributed by atoms with Gasteiger partial charge in [0.1, 0.15) is 28.2 Å². The molecule has 0 radical (unpaired) electrons. The maximum absolute atomic E-state index is 5.00. The number of hydrogen-bond donors (Lipinski definition) is 1. The number of allylic oxidation sites excluding steroid dienone is 3. The van der Waals surface area contributed by atoms with Crippen molar-refractivity contribution in [3.05, 3.63) is 107 Å². The van der Waals surface area contributed by atoms with Crippen LogP contribution in [0.25, 0.3) is 27.0 Å². The number of hydrogen-bond acceptors (Lipinski definition) is 7. The Morgan fingerprint density at radius 1 is 1.05 bits per heavy atom. The van der Waals surface area contributed by atoms with Gasteiger partial charge in [-0.2, -0.15) is 0 Å². The van der Waals surface area contributed by atoms with Crippen LogP contribution in [0, 0.1) is 6.92 Å². The van der Waals surface area contributed by atoms with Gasteiger partial charge in [-0.3, -0.25) is 4.99 Å². The Balaban J connectivity index is 1.74. The fraction of sp³-hybridized carbons (Fsp3) is 0.138. The Kier molecular flexibility index (Phi) is 7.00. The van der Waals surface area contributed by atoms with Gasteiger partial charge in [0.15, 0.2) is 11.6 Å². The average Bonchev–Trinajstić information content (AvgIpc) is 3.52. The molecule has 0 amide bonds. The molecule has 3 aromatic heterocycles. The molecule has 0 bridgehead atoms. The summed E-state index contributed by atoms with van der Waals surface area (Å²) in [5.41, 5.74) is 3.82. The molecule has 0 saturated heterocycles. The highest BCUT2D eigenvalue weighted by molar-refractivity contribution is 7.17. The van der Waals surface area contributed by atoms with Crippen LogP contribution in [0.3, 0.4) is 0 Å². The molecule has 7 nitrogen and oxygen atoms in total. The van der Waals surface area contributed by atoms with E-state index in [0.29, 0.717) is 17.3 Å². The quantitative estimate of drug-likeness (QED) is 0.189. The minimum atomic E-state index is -0.290. The second-order valence-corrected chi connectivity index (χ2v) is 9.34. The van der Waals surface area contributed by atoms with Crippen molar-refractivity contribution in [1.82, 2.24) is 24.7 Å². The topological polar surface area (TPSA) is 80.9 Å². The van der Waals surface area contributed by atoms with E-state index in [9.17, 15) is 0 Å². The Morgan fingerprint density at radius 2 is 1.78 bits per heavy atom. The third kappa shape index (κ3) is 4.83. The van der Waals surface area contributed by atoms with Gasteiger partial charge < -0.3 is 9.88 Å². The maximum atomic E-state index is 5.00. The van der Waals surface area contributed by atoms with Gasteiger partial charge in [0.05, 0.1) is 5.39 Å². The molecule has 0 aliphatic heterocycles. The van der Waals surface area contributed by atoms with Crippen LogP contribution < -0.4 is 5.32 Å². The van der Waals surface area contributed by atoms with E-state index in [2.05, 4.69) is 56.9 Å². The van der Waals surface area contributed by atoms with Crippen molar-refractivity contribution in [3.8, 4) is 11.1 Å². The predicted molar refractivity (Wildman–Crippen MR) is 153 cm³/mol. The summed E-state index contributed by atoms with van der Waals surface area (Å²) in [5.74, 6) is 2.83. The van der Waals surface area contributed by atoms with Crippen molar-refractivity contribution in [2.45, 2.75) is 19.9 Å². The zero-order valence-corrected chi connectivity index (χ0v) is 21.8. The molecule has 1 N–H and O–H groups in total. The molecule has 0 spiro atoms. The number of anilines is 1. The molecule has 0 aliphatic rings. The Labute approximate surface area is 220 Å². The number of nitrogens with zero attached hydrogens (tertiary/aromatic N) is 6. The van der Waals surface area contributed by atoms with E-state index in [1.807, 2.05) is 80.1 Å². The largest absolute Gasteiger partial charge is 0.355 e. The summed E-state index contributed by atoms with van der Waals surface area (Å²) in [4.78, 5) is 15.0. The van der Waals surface area contributed by atoms with Gasteiger partial charge in [-0.25, -0.2) is 9.97 Å². The van der Waals surface area contributed by atoms with Gasteiger partial charge in [0.25, 0.3) is 0 Å². The first-order valence-electron chi connectivity index (χ1n) is 11.9. The molecule has 1 unspecified atom stereocenters. The first kappa shape index (κ1) is 24.3. The van der Waals surface area contributed by atoms with E-state index in [1.165, 1.54) is 0 Å². The van der Waals surface area contributed by atoms with Gasteiger partial charge >= 0.3 is 0 Å². The lowest BCUT2D eigenvalue weighted by Gasteiger charge is -2.20. The average molecular weight is 506 g/mol. The molecule has 5 aromatic rings. The van der Waals surface area contributed by atoms with Gasteiger partial charge in [0, 0.05) is 18.0 Å². The lowest BCUT2D eigenvalue weighted by molar-refractivity contribution is 0.732. The summed E-state index contributed by atoms with van der Waals surface area (Å²) >= 11 is 1.58. The van der Waals surface area contributed by atoms with Crippen LogP contribution in [0.1, 0.15) is 36.0 Å². The van der Waals surface area contributed by atoms with Crippen molar-refractivity contribution >= 4 is 39.8 Å². The molecule has 3 heterocycles. The predicted octanol–water partition coefficient (Wildman–Crippen LogP) is 6.61. The molecule has 0 saturated carbocycles. The number of aliphatic imine (C=N–C) groups is 1. The highest BCUT2D eigenvalue weighted by Gasteiger charge is 2.24. The Hall–Kier alpha value is -4.43. The maximum Gasteiger partial charge on any atom is 0.181 e. The first-order valence-corrected chi connectivity index (χ1v) is 12.8. The molecular formula is C29H27N7S. The summed E-state index contributed by atoms with van der Waals surface area (Å²) in [5, 5.41) is 15.6. The summed E-state index contributed by atoms with van der Waals surface area (Å²) in [6.07, 6.45) is 5.71. The van der Waals surface area contributed by atoms with Crippen LogP contribution in [0.5, 0.6) is 0 Å². The number of thiophene rings is 1. The highest BCUT2D eigenvalue weighted by Crippen LogP contribution is 2.39. The van der Waals surface area contributed by atoms with E-state index in [-0.39, 0.29) is 6.04 Å². The van der Waals surface area contributed by atoms with E-state index in [0.717, 1.165) is 38.6 Å². The molecule has 0 fully saturated rings. The molecule has 2 aromatic carbocycles. The number of benzene rings is 2. The fourth-order valence-corrected chi connectivity index (χ4v) is 5.08. The van der Waals surface area contributed by atoms with Crippen LogP contribution in [0.2, 0.25) is 0 Å². The van der Waals surface area contributed by atoms with Crippen LogP contribution in [-0.2, 0) is 7.05 Å². The Bertz CT molecular complexity index is 1600. The first-order chi connectivity index (χ1) is 18.1. The summed E-state index contributed by atoms with van der Waals surface area (Å²) in [6.45, 7) is 7.65. The lowest BCUT2D eigenvalue weighted by Crippen LogP contribution is -2.18. The second-order valence-electron chi connectivity index (χ2n) is 8.48. The van der Waals surface area contributed by atoms with Crippen molar-refractivity contribution in [3.63, 3.8) is 0 Å². The fourth-order valence-electron chi connectivity index (χ4n) is 4.13. The van der Waals surface area contributed by atoms with Gasteiger partial charge in [0.2, 0.25) is 0 Å². The van der Waals surface area contributed by atoms with Crippen molar-refractivity contribution in [1.29, 1.82) is 0 Å². The molecule has 1 atom stereocenters. The van der Waals surface area contributed by atoms with Crippen LogP contribution >= 0.6 is 11.3 Å². The van der Waals surface area contributed by atoms with E-state index < -0.39 is 0 Å². The summed E-state index contributed by atoms with van der Waals surface area (Å²) < 4.78 is 2.00. The smallest absolute Gasteiger partial charge is 0.181 e. The van der Waals surface area contributed by atoms with E-state index in [1.54, 1.807) is 11.3 Å². The van der Waals surface area contributed by atoms with Crippen LogP contribution in [-0.4, -0.2) is 31.4 Å². The standard InChI is InChI=1S/C29H27N7S/c1-5-6-17-23(30-3)26-32-27(24-22(18-37-29(24)33-26)20-13-9-7-10-14-20)31-25(21-15-11-8-12-16-21)28-35-34-19(2)36(28)4/h5-18,25H,3H2,1-2,4H3,(H,31,32,33)/b6-5-,23-17-. The summed E-state index contributed by atoms with van der Waals surface area (Å²) in [6, 6.07) is 20.2. The zero-order valence-electron chi connectivity index (χ0n) is 21.0. The van der Waals surface area contributed by atoms with Crippen molar-refractivity contribution in [2.24, 2.45) is 12.0 Å². The second kappa shape index (κ2) is 10.7. The van der Waals surface area contributed by atoms with Gasteiger partial charge in [-0.05, 0) is 37.8 Å². The van der Waals surface area contributed by atoms with Gasteiger partial charge in [-0.1, -0.05) is 72.8 Å². The normalized spacial score (nSPS) is 12.8. The highest BCUT2D eigenvalue weighted by atomic mass is 32.1. The van der Waals surface area contributed by atoms with Crippen LogP contribution in [0.4, 0.5) is 5.82 Å². The third-order valence-electron chi connectivity index (χ3n) is 6.16. The number of nitrogens with one attached hydrogen (secondary N) is 1. The van der Waals surface area contributed by atoms with E-state index >= 15 is 0 Å². The summed E-state index contributed by atoms with van der Waals surface area (Å²) in [7, 11) is 1.98. The number of aromatic nitrogens is 5. The molecule has 5 rings (SSSR count). The molecule has 8 heteroatoms. The van der Waals surface area contributed by atoms with Crippen LogP contribution in [0.15, 0.2) is 89.3 Å². The van der Waals surface area contributed by atoms with Crippen molar-refractivity contribution in [2.75, 3.05) is 5.32 Å². The molecule has 37 heavy (non-hydrogen) atoms. The minimum Gasteiger partial charge on any atom is -0.355 e. The lowest BCUT2D eigenvalue weighted by atomic mass is 10.0.